The first-order valence-corrected chi connectivity index (χ1v) is 17.8. The SMILES string of the molecule is c1ccc(-c2cccc(-c3nc(-c4ccccc4)nc(-c4cccc5oc6ccc(-c7cccc(-c8cccc9ccccc89)c7)cc6c45)n3)c2)cc1. The lowest BCUT2D eigenvalue weighted by atomic mass is 9.94. The van der Waals surface area contributed by atoms with Crippen LogP contribution in [0.4, 0.5) is 0 Å². The highest BCUT2D eigenvalue weighted by Crippen LogP contribution is 2.39. The summed E-state index contributed by atoms with van der Waals surface area (Å²) in [5.41, 5.74) is 11.2. The molecule has 0 spiro atoms. The van der Waals surface area contributed by atoms with Crippen LogP contribution in [0.15, 0.2) is 192 Å². The van der Waals surface area contributed by atoms with Crippen LogP contribution in [0.1, 0.15) is 0 Å². The summed E-state index contributed by atoms with van der Waals surface area (Å²) in [5, 5.41) is 4.46. The maximum atomic E-state index is 6.47. The average molecular weight is 678 g/mol. The Balaban J connectivity index is 1.13. The van der Waals surface area contributed by atoms with Crippen LogP contribution in [0, 0.1) is 0 Å². The Labute approximate surface area is 306 Å². The van der Waals surface area contributed by atoms with Gasteiger partial charge >= 0.3 is 0 Å². The van der Waals surface area contributed by atoms with E-state index in [-0.39, 0.29) is 0 Å². The molecule has 0 aliphatic carbocycles. The third-order valence-corrected chi connectivity index (χ3v) is 9.93. The molecule has 0 bridgehead atoms. The fraction of sp³-hybridized carbons (Fsp3) is 0. The summed E-state index contributed by atoms with van der Waals surface area (Å²) in [6.45, 7) is 0. The van der Waals surface area contributed by atoms with Gasteiger partial charge in [0.05, 0.1) is 0 Å². The van der Waals surface area contributed by atoms with Crippen molar-refractivity contribution in [3.63, 3.8) is 0 Å². The van der Waals surface area contributed by atoms with Gasteiger partial charge in [0, 0.05) is 27.5 Å². The molecular weight excluding hydrogens is 647 g/mol. The van der Waals surface area contributed by atoms with Crippen LogP contribution in [-0.2, 0) is 0 Å². The van der Waals surface area contributed by atoms with Crippen molar-refractivity contribution >= 4 is 32.7 Å². The van der Waals surface area contributed by atoms with E-state index in [1.165, 1.54) is 21.9 Å². The Kier molecular flexibility index (Phi) is 7.43. The number of hydrogen-bond acceptors (Lipinski definition) is 4. The monoisotopic (exact) mass is 677 g/mol. The Hall–Kier alpha value is -7.17. The highest BCUT2D eigenvalue weighted by atomic mass is 16.3. The van der Waals surface area contributed by atoms with Crippen LogP contribution in [-0.4, -0.2) is 15.0 Å². The normalized spacial score (nSPS) is 11.4. The molecule has 4 nitrogen and oxygen atoms in total. The van der Waals surface area contributed by atoms with Crippen LogP contribution in [0.5, 0.6) is 0 Å². The molecule has 2 aromatic heterocycles. The second kappa shape index (κ2) is 12.9. The first kappa shape index (κ1) is 30.6. The molecule has 0 saturated carbocycles. The minimum absolute atomic E-state index is 0.593. The molecule has 0 fully saturated rings. The zero-order chi connectivity index (χ0) is 35.1. The molecule has 248 valence electrons. The maximum Gasteiger partial charge on any atom is 0.164 e. The molecule has 10 rings (SSSR count). The largest absolute Gasteiger partial charge is 0.456 e. The zero-order valence-electron chi connectivity index (χ0n) is 28.6. The second-order valence-electron chi connectivity index (χ2n) is 13.2. The Morgan fingerprint density at radius 1 is 0.302 bits per heavy atom. The molecule has 0 unspecified atom stereocenters. The molecule has 0 aliphatic heterocycles. The van der Waals surface area contributed by atoms with Gasteiger partial charge in [-0.3, -0.25) is 0 Å². The van der Waals surface area contributed by atoms with Crippen molar-refractivity contribution in [2.24, 2.45) is 0 Å². The second-order valence-corrected chi connectivity index (χ2v) is 13.2. The summed E-state index contributed by atoms with van der Waals surface area (Å²) in [5.74, 6) is 1.82. The minimum Gasteiger partial charge on any atom is -0.456 e. The van der Waals surface area contributed by atoms with Gasteiger partial charge in [-0.25, -0.2) is 15.0 Å². The fourth-order valence-corrected chi connectivity index (χ4v) is 7.35. The first-order valence-electron chi connectivity index (χ1n) is 17.8. The zero-order valence-corrected chi connectivity index (χ0v) is 28.6. The van der Waals surface area contributed by atoms with Gasteiger partial charge in [-0.2, -0.15) is 0 Å². The molecule has 2 heterocycles. The van der Waals surface area contributed by atoms with Gasteiger partial charge in [-0.15, -0.1) is 0 Å². The topological polar surface area (TPSA) is 51.8 Å². The number of aromatic nitrogens is 3. The fourth-order valence-electron chi connectivity index (χ4n) is 7.35. The molecule has 0 radical (unpaired) electrons. The highest BCUT2D eigenvalue weighted by Gasteiger charge is 2.19. The molecule has 0 atom stereocenters. The molecule has 8 aromatic carbocycles. The third kappa shape index (κ3) is 5.63. The lowest BCUT2D eigenvalue weighted by molar-refractivity contribution is 0.669. The van der Waals surface area contributed by atoms with Crippen LogP contribution in [0.25, 0.3) is 100 Å². The molecule has 53 heavy (non-hydrogen) atoms. The van der Waals surface area contributed by atoms with Crippen LogP contribution < -0.4 is 0 Å². The van der Waals surface area contributed by atoms with Crippen molar-refractivity contribution in [3.05, 3.63) is 188 Å². The molecule has 0 amide bonds. The number of hydrogen-bond donors (Lipinski definition) is 0. The Morgan fingerprint density at radius 2 is 0.849 bits per heavy atom. The van der Waals surface area contributed by atoms with Gasteiger partial charge in [0.1, 0.15) is 11.2 Å². The van der Waals surface area contributed by atoms with Crippen molar-refractivity contribution in [1.82, 2.24) is 15.0 Å². The summed E-state index contributed by atoms with van der Waals surface area (Å²) in [6, 6.07) is 65.2. The first-order chi connectivity index (χ1) is 26.2. The van der Waals surface area contributed by atoms with Gasteiger partial charge in [-0.05, 0) is 74.5 Å². The number of furan rings is 1. The van der Waals surface area contributed by atoms with Gasteiger partial charge in [-0.1, -0.05) is 158 Å². The lowest BCUT2D eigenvalue weighted by Gasteiger charge is -2.11. The number of fused-ring (bicyclic) bond motifs is 4. The average Bonchev–Trinajstić information content (AvgIpc) is 3.62. The maximum absolute atomic E-state index is 6.47. The van der Waals surface area contributed by atoms with E-state index >= 15 is 0 Å². The van der Waals surface area contributed by atoms with E-state index in [2.05, 4.69) is 140 Å². The van der Waals surface area contributed by atoms with Crippen LogP contribution in [0.2, 0.25) is 0 Å². The van der Waals surface area contributed by atoms with Gasteiger partial charge < -0.3 is 4.42 Å². The minimum atomic E-state index is 0.593. The van der Waals surface area contributed by atoms with E-state index in [0.29, 0.717) is 17.5 Å². The lowest BCUT2D eigenvalue weighted by Crippen LogP contribution is -2.00. The van der Waals surface area contributed by atoms with Crippen molar-refractivity contribution < 1.29 is 4.42 Å². The third-order valence-electron chi connectivity index (χ3n) is 9.93. The smallest absolute Gasteiger partial charge is 0.164 e. The van der Waals surface area contributed by atoms with Crippen molar-refractivity contribution in [2.75, 3.05) is 0 Å². The van der Waals surface area contributed by atoms with Gasteiger partial charge in [0.15, 0.2) is 17.5 Å². The van der Waals surface area contributed by atoms with Crippen LogP contribution >= 0.6 is 0 Å². The van der Waals surface area contributed by atoms with E-state index in [4.69, 9.17) is 19.4 Å². The summed E-state index contributed by atoms with van der Waals surface area (Å²) >= 11 is 0. The molecule has 10 aromatic rings. The van der Waals surface area contributed by atoms with Gasteiger partial charge in [0.25, 0.3) is 0 Å². The summed E-state index contributed by atoms with van der Waals surface area (Å²) < 4.78 is 6.47. The molecule has 4 heteroatoms. The summed E-state index contributed by atoms with van der Waals surface area (Å²) in [6.07, 6.45) is 0. The van der Waals surface area contributed by atoms with E-state index in [1.807, 2.05) is 48.5 Å². The van der Waals surface area contributed by atoms with Gasteiger partial charge in [0.2, 0.25) is 0 Å². The van der Waals surface area contributed by atoms with Crippen molar-refractivity contribution in [1.29, 1.82) is 0 Å². The summed E-state index contributed by atoms with van der Waals surface area (Å²) in [4.78, 5) is 15.3. The molecule has 0 N–H and O–H groups in total. The van der Waals surface area contributed by atoms with E-state index in [0.717, 1.165) is 60.9 Å². The highest BCUT2D eigenvalue weighted by molar-refractivity contribution is 6.13. The Bertz CT molecular complexity index is 2940. The molecular formula is C49H31N3O. The number of rotatable bonds is 6. The predicted octanol–water partition coefficient (Wildman–Crippen LogP) is 12.9. The van der Waals surface area contributed by atoms with Crippen molar-refractivity contribution in [3.8, 4) is 67.5 Å². The standard InChI is InChI=1S/C49H31N3O/c1-3-13-32(14-4-1)35-19-10-22-39(30-35)48-50-47(34-16-5-2-6-17-34)51-49(52-48)42-25-12-26-45-46(42)43-31-37(27-28-44(43)53-45)36-20-9-21-38(29-36)41-24-11-18-33-15-7-8-23-40(33)41/h1-31H. The van der Waals surface area contributed by atoms with Crippen LogP contribution in [0.3, 0.4) is 0 Å². The van der Waals surface area contributed by atoms with E-state index in [9.17, 15) is 0 Å². The summed E-state index contributed by atoms with van der Waals surface area (Å²) in [7, 11) is 0. The Morgan fingerprint density at radius 3 is 1.68 bits per heavy atom. The molecule has 0 aliphatic rings. The van der Waals surface area contributed by atoms with E-state index in [1.54, 1.807) is 0 Å². The molecule has 0 saturated heterocycles. The predicted molar refractivity (Wildman–Crippen MR) is 217 cm³/mol. The van der Waals surface area contributed by atoms with Crippen molar-refractivity contribution in [2.45, 2.75) is 0 Å². The quantitative estimate of drug-likeness (QED) is 0.176. The number of benzene rings is 8. The van der Waals surface area contributed by atoms with E-state index < -0.39 is 0 Å². The number of nitrogens with zero attached hydrogens (tertiary/aromatic N) is 3.